The van der Waals surface area contributed by atoms with Gasteiger partial charge in [0, 0.05) is 23.3 Å². The lowest BCUT2D eigenvalue weighted by Crippen LogP contribution is -2.30. The molecule has 1 aromatic heterocycles. The van der Waals surface area contributed by atoms with Crippen molar-refractivity contribution in [1.29, 1.82) is 5.41 Å². The SMILES string of the molecule is CCC(=O)Nc1ccc(Cl)cc1Cn1cc(Cl)cc(C(N)=O)c1=N.Cl. The molecular weight excluding hydrogens is 387 g/mol. The molecular formula is C16H17Cl3N4O2. The zero-order valence-corrected chi connectivity index (χ0v) is 15.6. The molecule has 2 amide bonds. The quantitative estimate of drug-likeness (QED) is 0.714. The molecule has 2 aromatic rings. The molecule has 0 aliphatic rings. The zero-order valence-electron chi connectivity index (χ0n) is 13.3. The predicted octanol–water partition coefficient (Wildman–Crippen LogP) is 3.19. The summed E-state index contributed by atoms with van der Waals surface area (Å²) in [5, 5.41) is 11.7. The van der Waals surface area contributed by atoms with Crippen molar-refractivity contribution in [3.05, 3.63) is 57.1 Å². The summed E-state index contributed by atoms with van der Waals surface area (Å²) in [6, 6.07) is 6.38. The third-order valence-electron chi connectivity index (χ3n) is 3.37. The lowest BCUT2D eigenvalue weighted by Gasteiger charge is -2.14. The summed E-state index contributed by atoms with van der Waals surface area (Å²) in [5.41, 5.74) is 6.49. The van der Waals surface area contributed by atoms with Gasteiger partial charge < -0.3 is 15.6 Å². The molecule has 0 fully saturated rings. The number of benzene rings is 1. The molecule has 0 unspecified atom stereocenters. The average molecular weight is 404 g/mol. The Morgan fingerprint density at radius 3 is 2.52 bits per heavy atom. The van der Waals surface area contributed by atoms with Gasteiger partial charge in [-0.15, -0.1) is 12.4 Å². The van der Waals surface area contributed by atoms with Crippen molar-refractivity contribution in [2.24, 2.45) is 5.73 Å². The first-order chi connectivity index (χ1) is 11.3. The maximum absolute atomic E-state index is 11.7. The van der Waals surface area contributed by atoms with Gasteiger partial charge in [-0.05, 0) is 29.8 Å². The number of anilines is 1. The van der Waals surface area contributed by atoms with E-state index in [0.29, 0.717) is 22.7 Å². The van der Waals surface area contributed by atoms with Crippen LogP contribution >= 0.6 is 35.6 Å². The minimum atomic E-state index is -0.734. The molecule has 0 bridgehead atoms. The molecule has 0 saturated carbocycles. The first-order valence-electron chi connectivity index (χ1n) is 7.14. The highest BCUT2D eigenvalue weighted by atomic mass is 35.5. The molecule has 0 spiro atoms. The number of aromatic nitrogens is 1. The number of amides is 2. The third kappa shape index (κ3) is 5.22. The van der Waals surface area contributed by atoms with Crippen LogP contribution in [-0.4, -0.2) is 16.4 Å². The minimum absolute atomic E-state index is 0. The van der Waals surface area contributed by atoms with Gasteiger partial charge in [0.1, 0.15) is 5.49 Å². The fraction of sp³-hybridized carbons (Fsp3) is 0.188. The second-order valence-corrected chi connectivity index (χ2v) is 5.99. The van der Waals surface area contributed by atoms with E-state index in [1.165, 1.54) is 16.8 Å². The summed E-state index contributed by atoms with van der Waals surface area (Å²) in [7, 11) is 0. The second kappa shape index (κ2) is 8.89. The van der Waals surface area contributed by atoms with E-state index < -0.39 is 5.91 Å². The van der Waals surface area contributed by atoms with Gasteiger partial charge >= 0.3 is 0 Å². The predicted molar refractivity (Wildman–Crippen MR) is 101 cm³/mol. The summed E-state index contributed by atoms with van der Waals surface area (Å²) in [6.45, 7) is 1.94. The number of carbonyl (C=O) groups is 2. The van der Waals surface area contributed by atoms with Crippen LogP contribution < -0.4 is 16.5 Å². The number of halogens is 3. The van der Waals surface area contributed by atoms with Crippen LogP contribution in [0.5, 0.6) is 0 Å². The molecule has 134 valence electrons. The van der Waals surface area contributed by atoms with Gasteiger partial charge in [0.2, 0.25) is 5.91 Å². The Morgan fingerprint density at radius 2 is 1.92 bits per heavy atom. The first kappa shape index (κ1) is 21.0. The topological polar surface area (TPSA) is 101 Å². The Balaban J connectivity index is 0.00000312. The highest BCUT2D eigenvalue weighted by Gasteiger charge is 2.12. The molecule has 4 N–H and O–H groups in total. The maximum atomic E-state index is 11.7. The number of hydrogen-bond acceptors (Lipinski definition) is 3. The zero-order chi connectivity index (χ0) is 17.9. The number of nitrogens with two attached hydrogens (primary N) is 1. The molecule has 1 heterocycles. The van der Waals surface area contributed by atoms with Gasteiger partial charge in [0.05, 0.1) is 17.1 Å². The van der Waals surface area contributed by atoms with Crippen LogP contribution in [0.1, 0.15) is 29.3 Å². The Hall–Kier alpha value is -2.02. The van der Waals surface area contributed by atoms with Crippen molar-refractivity contribution in [3.63, 3.8) is 0 Å². The van der Waals surface area contributed by atoms with Gasteiger partial charge in [-0.2, -0.15) is 0 Å². The van der Waals surface area contributed by atoms with Gasteiger partial charge in [-0.3, -0.25) is 15.0 Å². The van der Waals surface area contributed by atoms with E-state index in [0.717, 1.165) is 0 Å². The Labute approximate surface area is 160 Å². The maximum Gasteiger partial charge on any atom is 0.252 e. The van der Waals surface area contributed by atoms with Crippen molar-refractivity contribution in [2.75, 3.05) is 5.32 Å². The van der Waals surface area contributed by atoms with Gasteiger partial charge in [-0.25, -0.2) is 0 Å². The van der Waals surface area contributed by atoms with E-state index in [9.17, 15) is 9.59 Å². The summed E-state index contributed by atoms with van der Waals surface area (Å²) >= 11 is 12.0. The third-order valence-corrected chi connectivity index (χ3v) is 3.81. The second-order valence-electron chi connectivity index (χ2n) is 5.12. The van der Waals surface area contributed by atoms with E-state index in [-0.39, 0.29) is 40.9 Å². The van der Waals surface area contributed by atoms with Gasteiger partial charge in [0.15, 0.2) is 0 Å². The average Bonchev–Trinajstić information content (AvgIpc) is 2.52. The molecule has 2 rings (SSSR count). The lowest BCUT2D eigenvalue weighted by atomic mass is 10.1. The molecule has 1 aromatic carbocycles. The number of carbonyl (C=O) groups excluding carboxylic acids is 2. The number of pyridine rings is 1. The molecule has 25 heavy (non-hydrogen) atoms. The minimum Gasteiger partial charge on any atom is -0.365 e. The summed E-state index contributed by atoms with van der Waals surface area (Å²) in [5.74, 6) is -0.875. The standard InChI is InChI=1S/C16H16Cl2N4O2.ClH/c1-2-14(23)21-13-4-3-10(17)5-9(13)7-22-8-11(18)6-12(15(22)19)16(20)24;/h3-6,8,19H,2,7H2,1H3,(H2,20,24)(H,21,23);1H. The summed E-state index contributed by atoms with van der Waals surface area (Å²) in [6.07, 6.45) is 1.85. The van der Waals surface area contributed by atoms with Crippen molar-refractivity contribution in [1.82, 2.24) is 4.57 Å². The Bertz CT molecular complexity index is 865. The molecule has 0 radical (unpaired) electrons. The van der Waals surface area contributed by atoms with Crippen LogP contribution in [-0.2, 0) is 11.3 Å². The van der Waals surface area contributed by atoms with Crippen LogP contribution in [0, 0.1) is 5.41 Å². The van der Waals surface area contributed by atoms with Crippen molar-refractivity contribution in [2.45, 2.75) is 19.9 Å². The Morgan fingerprint density at radius 1 is 1.24 bits per heavy atom. The molecule has 6 nitrogen and oxygen atoms in total. The van der Waals surface area contributed by atoms with Gasteiger partial charge in [0.25, 0.3) is 5.91 Å². The van der Waals surface area contributed by atoms with Crippen molar-refractivity contribution >= 4 is 53.1 Å². The first-order valence-corrected chi connectivity index (χ1v) is 7.90. The molecule has 0 saturated heterocycles. The fourth-order valence-electron chi connectivity index (χ4n) is 2.16. The van der Waals surface area contributed by atoms with E-state index in [1.807, 2.05) is 0 Å². The van der Waals surface area contributed by atoms with Crippen LogP contribution in [0.2, 0.25) is 10.0 Å². The number of rotatable bonds is 5. The molecule has 0 aliphatic carbocycles. The highest BCUT2D eigenvalue weighted by Crippen LogP contribution is 2.22. The highest BCUT2D eigenvalue weighted by molar-refractivity contribution is 6.31. The fourth-order valence-corrected chi connectivity index (χ4v) is 2.58. The summed E-state index contributed by atoms with van der Waals surface area (Å²) < 4.78 is 1.47. The van der Waals surface area contributed by atoms with Crippen LogP contribution in [0.3, 0.4) is 0 Å². The van der Waals surface area contributed by atoms with E-state index in [1.54, 1.807) is 25.1 Å². The smallest absolute Gasteiger partial charge is 0.252 e. The largest absolute Gasteiger partial charge is 0.365 e. The van der Waals surface area contributed by atoms with E-state index >= 15 is 0 Å². The van der Waals surface area contributed by atoms with E-state index in [2.05, 4.69) is 5.32 Å². The number of primary amides is 1. The number of nitrogens with zero attached hydrogens (tertiary/aromatic N) is 1. The lowest BCUT2D eigenvalue weighted by molar-refractivity contribution is -0.115. The van der Waals surface area contributed by atoms with Crippen molar-refractivity contribution in [3.8, 4) is 0 Å². The van der Waals surface area contributed by atoms with E-state index in [4.69, 9.17) is 34.3 Å². The normalized spacial score (nSPS) is 10.0. The van der Waals surface area contributed by atoms with Crippen LogP contribution in [0.25, 0.3) is 0 Å². The van der Waals surface area contributed by atoms with Gasteiger partial charge in [-0.1, -0.05) is 30.1 Å². The van der Waals surface area contributed by atoms with Crippen LogP contribution in [0.15, 0.2) is 30.5 Å². The number of nitrogens with one attached hydrogen (secondary N) is 2. The number of hydrogen-bond donors (Lipinski definition) is 3. The van der Waals surface area contributed by atoms with Crippen molar-refractivity contribution < 1.29 is 9.59 Å². The molecule has 0 atom stereocenters. The van der Waals surface area contributed by atoms with Crippen LogP contribution in [0.4, 0.5) is 5.69 Å². The molecule has 0 aliphatic heterocycles. The summed E-state index contributed by atoms with van der Waals surface area (Å²) in [4.78, 5) is 23.1. The molecule has 9 heteroatoms. The monoisotopic (exact) mass is 402 g/mol. The Kier molecular flexibility index (Phi) is 7.48.